The lowest BCUT2D eigenvalue weighted by Gasteiger charge is -2.19. The molecular weight excluding hydrogens is 180 g/mol. The molecule has 4 heteroatoms. The minimum Gasteiger partial charge on any atom is -0.386 e. The molecule has 4 nitrogen and oxygen atoms in total. The van der Waals surface area contributed by atoms with Crippen molar-refractivity contribution in [3.8, 4) is 0 Å². The van der Waals surface area contributed by atoms with Gasteiger partial charge in [-0.25, -0.2) is 0 Å². The smallest absolute Gasteiger partial charge is 0.237 e. The fourth-order valence-corrected chi connectivity index (χ4v) is 1.30. The molecule has 0 saturated carbocycles. The van der Waals surface area contributed by atoms with Gasteiger partial charge in [0.15, 0.2) is 0 Å². The average molecular weight is 194 g/mol. The van der Waals surface area contributed by atoms with Crippen molar-refractivity contribution in [3.63, 3.8) is 0 Å². The van der Waals surface area contributed by atoms with Crippen molar-refractivity contribution >= 4 is 5.91 Å². The molecule has 76 valence electrons. The van der Waals surface area contributed by atoms with Crippen LogP contribution in [-0.2, 0) is 4.79 Å². The number of likely N-dealkylation sites (N-methyl/N-ethyl adjacent to an activating group) is 1. The number of amides is 1. The van der Waals surface area contributed by atoms with Crippen LogP contribution in [0.4, 0.5) is 0 Å². The fourth-order valence-electron chi connectivity index (χ4n) is 1.30. The van der Waals surface area contributed by atoms with E-state index in [4.69, 9.17) is 5.73 Å². The second kappa shape index (κ2) is 4.74. The Kier molecular flexibility index (Phi) is 3.62. The summed E-state index contributed by atoms with van der Waals surface area (Å²) in [5, 5.41) is 12.5. The van der Waals surface area contributed by atoms with E-state index < -0.39 is 18.1 Å². The Morgan fingerprint density at radius 3 is 2.43 bits per heavy atom. The van der Waals surface area contributed by atoms with Crippen LogP contribution in [0.3, 0.4) is 0 Å². The van der Waals surface area contributed by atoms with Crippen molar-refractivity contribution in [1.82, 2.24) is 5.32 Å². The second-order valence-electron chi connectivity index (χ2n) is 3.02. The third-order valence-electron chi connectivity index (χ3n) is 2.07. The third-order valence-corrected chi connectivity index (χ3v) is 2.07. The van der Waals surface area contributed by atoms with E-state index in [2.05, 4.69) is 5.32 Å². The van der Waals surface area contributed by atoms with Gasteiger partial charge in [-0.05, 0) is 12.6 Å². The second-order valence-corrected chi connectivity index (χ2v) is 3.02. The molecule has 0 aliphatic carbocycles. The van der Waals surface area contributed by atoms with Gasteiger partial charge >= 0.3 is 0 Å². The van der Waals surface area contributed by atoms with Crippen LogP contribution in [-0.4, -0.2) is 24.1 Å². The normalized spacial score (nSPS) is 14.7. The van der Waals surface area contributed by atoms with Crippen molar-refractivity contribution in [1.29, 1.82) is 0 Å². The predicted octanol–water partition coefficient (Wildman–Crippen LogP) is -0.207. The first-order chi connectivity index (χ1) is 6.66. The van der Waals surface area contributed by atoms with Gasteiger partial charge in [-0.3, -0.25) is 4.79 Å². The lowest BCUT2D eigenvalue weighted by atomic mass is 10.0. The molecule has 0 spiro atoms. The number of hydrogen-bond acceptors (Lipinski definition) is 3. The van der Waals surface area contributed by atoms with Crippen LogP contribution in [0.2, 0.25) is 0 Å². The highest BCUT2D eigenvalue weighted by Gasteiger charge is 2.23. The molecule has 1 aromatic rings. The Balaban J connectivity index is 2.83. The van der Waals surface area contributed by atoms with Gasteiger partial charge in [0.2, 0.25) is 5.91 Å². The van der Waals surface area contributed by atoms with Gasteiger partial charge < -0.3 is 16.2 Å². The lowest BCUT2D eigenvalue weighted by molar-refractivity contribution is -0.122. The van der Waals surface area contributed by atoms with E-state index in [-0.39, 0.29) is 0 Å². The number of primary amides is 1. The van der Waals surface area contributed by atoms with Crippen LogP contribution in [0.15, 0.2) is 30.3 Å². The molecule has 0 fully saturated rings. The summed E-state index contributed by atoms with van der Waals surface area (Å²) in [7, 11) is 1.58. The van der Waals surface area contributed by atoms with Gasteiger partial charge in [-0.2, -0.15) is 0 Å². The van der Waals surface area contributed by atoms with Crippen molar-refractivity contribution in [2.24, 2.45) is 5.73 Å². The zero-order valence-corrected chi connectivity index (χ0v) is 7.97. The first-order valence-electron chi connectivity index (χ1n) is 4.36. The minimum atomic E-state index is -0.904. The predicted molar refractivity (Wildman–Crippen MR) is 53.4 cm³/mol. The van der Waals surface area contributed by atoms with Crippen molar-refractivity contribution in [3.05, 3.63) is 35.9 Å². The number of hydrogen-bond donors (Lipinski definition) is 3. The van der Waals surface area contributed by atoms with Crippen LogP contribution in [0.25, 0.3) is 0 Å². The van der Waals surface area contributed by atoms with Crippen molar-refractivity contribution < 1.29 is 9.90 Å². The summed E-state index contributed by atoms with van der Waals surface area (Å²) in [5.74, 6) is -0.566. The maximum atomic E-state index is 10.9. The molecular formula is C10H14N2O2. The summed E-state index contributed by atoms with van der Waals surface area (Å²) in [6.07, 6.45) is -0.904. The molecule has 0 heterocycles. The highest BCUT2D eigenvalue weighted by Crippen LogP contribution is 2.15. The van der Waals surface area contributed by atoms with E-state index >= 15 is 0 Å². The van der Waals surface area contributed by atoms with E-state index in [9.17, 15) is 9.90 Å². The maximum Gasteiger partial charge on any atom is 0.237 e. The molecule has 0 aliphatic rings. The highest BCUT2D eigenvalue weighted by molar-refractivity contribution is 5.80. The topological polar surface area (TPSA) is 75.3 Å². The van der Waals surface area contributed by atoms with Gasteiger partial charge in [0.25, 0.3) is 0 Å². The monoisotopic (exact) mass is 194 g/mol. The number of nitrogens with two attached hydrogens (primary N) is 1. The van der Waals surface area contributed by atoms with Crippen LogP contribution in [0.1, 0.15) is 11.7 Å². The van der Waals surface area contributed by atoms with Gasteiger partial charge in [-0.1, -0.05) is 30.3 Å². The molecule has 0 aliphatic heterocycles. The van der Waals surface area contributed by atoms with E-state index in [0.717, 1.165) is 0 Å². The molecule has 0 bridgehead atoms. The van der Waals surface area contributed by atoms with Gasteiger partial charge in [0, 0.05) is 0 Å². The number of carbonyl (C=O) groups excluding carboxylic acids is 1. The number of aliphatic hydroxyl groups excluding tert-OH is 1. The quantitative estimate of drug-likeness (QED) is 0.621. The van der Waals surface area contributed by atoms with Gasteiger partial charge in [0.1, 0.15) is 12.1 Å². The Morgan fingerprint density at radius 2 is 2.00 bits per heavy atom. The summed E-state index contributed by atoms with van der Waals surface area (Å²) in [5.41, 5.74) is 5.80. The largest absolute Gasteiger partial charge is 0.386 e. The SMILES string of the molecule is CNC(C(N)=O)C(O)c1ccccc1. The summed E-state index contributed by atoms with van der Waals surface area (Å²) in [6.45, 7) is 0. The molecule has 14 heavy (non-hydrogen) atoms. The standard InChI is InChI=1S/C10H14N2O2/c1-12-8(10(11)14)9(13)7-5-3-2-4-6-7/h2-6,8-9,12-13H,1H3,(H2,11,14). The van der Waals surface area contributed by atoms with Crippen LogP contribution < -0.4 is 11.1 Å². The highest BCUT2D eigenvalue weighted by atomic mass is 16.3. The summed E-state index contributed by atoms with van der Waals surface area (Å²) in [4.78, 5) is 10.9. The molecule has 2 unspecified atom stereocenters. The molecule has 1 rings (SSSR count). The number of aliphatic hydroxyl groups is 1. The van der Waals surface area contributed by atoms with E-state index in [1.807, 2.05) is 6.07 Å². The summed E-state index contributed by atoms with van der Waals surface area (Å²) < 4.78 is 0. The number of benzene rings is 1. The number of nitrogens with one attached hydrogen (secondary N) is 1. The molecule has 2 atom stereocenters. The van der Waals surface area contributed by atoms with E-state index in [1.54, 1.807) is 31.3 Å². The zero-order valence-electron chi connectivity index (χ0n) is 7.97. The first-order valence-corrected chi connectivity index (χ1v) is 4.36. The molecule has 0 aromatic heterocycles. The van der Waals surface area contributed by atoms with Gasteiger partial charge in [-0.15, -0.1) is 0 Å². The Morgan fingerprint density at radius 1 is 1.43 bits per heavy atom. The van der Waals surface area contributed by atoms with E-state index in [1.165, 1.54) is 0 Å². The molecule has 0 saturated heterocycles. The number of rotatable bonds is 4. The zero-order chi connectivity index (χ0) is 10.6. The van der Waals surface area contributed by atoms with Crippen molar-refractivity contribution in [2.75, 3.05) is 7.05 Å². The first kappa shape index (κ1) is 10.7. The molecule has 1 amide bonds. The van der Waals surface area contributed by atoms with E-state index in [0.29, 0.717) is 5.56 Å². The lowest BCUT2D eigenvalue weighted by Crippen LogP contribution is -2.43. The summed E-state index contributed by atoms with van der Waals surface area (Å²) in [6, 6.07) is 8.18. The average Bonchev–Trinajstić information content (AvgIpc) is 2.19. The fraction of sp³-hybridized carbons (Fsp3) is 0.300. The molecule has 0 radical (unpaired) electrons. The molecule has 4 N–H and O–H groups in total. The number of carbonyl (C=O) groups is 1. The Bertz CT molecular complexity index is 300. The van der Waals surface area contributed by atoms with Crippen LogP contribution in [0.5, 0.6) is 0 Å². The van der Waals surface area contributed by atoms with Gasteiger partial charge in [0.05, 0.1) is 0 Å². The van der Waals surface area contributed by atoms with Crippen molar-refractivity contribution in [2.45, 2.75) is 12.1 Å². The molecule has 1 aromatic carbocycles. The summed E-state index contributed by atoms with van der Waals surface area (Å²) >= 11 is 0. The Hall–Kier alpha value is -1.39. The maximum absolute atomic E-state index is 10.9. The third kappa shape index (κ3) is 2.31. The Labute approximate surface area is 82.7 Å². The van der Waals surface area contributed by atoms with Crippen LogP contribution >= 0.6 is 0 Å². The van der Waals surface area contributed by atoms with Crippen LogP contribution in [0, 0.1) is 0 Å². The minimum absolute atomic E-state index is 0.566.